The largest absolute Gasteiger partial charge is 0.480 e. The molecule has 0 aliphatic rings. The molecule has 0 aliphatic heterocycles. The first-order valence-electron chi connectivity index (χ1n) is 10.1. The van der Waals surface area contributed by atoms with E-state index in [-0.39, 0.29) is 18.5 Å². The third-order valence-electron chi connectivity index (χ3n) is 5.36. The van der Waals surface area contributed by atoms with Gasteiger partial charge in [0.05, 0.1) is 5.69 Å². The molecule has 7 heteroatoms. The summed E-state index contributed by atoms with van der Waals surface area (Å²) in [6.07, 6.45) is 0.160. The quantitative estimate of drug-likeness (QED) is 0.610. The lowest BCUT2D eigenvalue weighted by molar-refractivity contribution is -0.143. The number of carbonyl (C=O) groups excluding carboxylic acids is 1. The van der Waals surface area contributed by atoms with Gasteiger partial charge in [-0.1, -0.05) is 67.6 Å². The molecule has 31 heavy (non-hydrogen) atoms. The topological polar surface area (TPSA) is 101 Å². The van der Waals surface area contributed by atoms with Gasteiger partial charge in [-0.15, -0.1) is 0 Å². The molecule has 1 amide bonds. The maximum atomic E-state index is 13.4. The van der Waals surface area contributed by atoms with Crippen LogP contribution in [0.3, 0.4) is 0 Å². The van der Waals surface area contributed by atoms with Crippen molar-refractivity contribution in [2.75, 3.05) is 0 Å². The van der Waals surface area contributed by atoms with E-state index in [1.54, 1.807) is 26.0 Å². The number of hydrogen-bond donors (Lipinski definition) is 2. The van der Waals surface area contributed by atoms with Crippen molar-refractivity contribution in [3.05, 3.63) is 76.6 Å². The van der Waals surface area contributed by atoms with Gasteiger partial charge in [0.1, 0.15) is 11.1 Å². The van der Waals surface area contributed by atoms with E-state index in [0.717, 1.165) is 5.56 Å². The average molecular weight is 419 g/mol. The van der Waals surface area contributed by atoms with E-state index < -0.39 is 23.0 Å². The molecule has 0 fully saturated rings. The molecule has 7 nitrogen and oxygen atoms in total. The standard InChI is InChI=1S/C24H25N3O4/c1-4-24(3,23(30)31)25-21(28)19-18(16-12-8-6-9-13-16)20(17-14-10-7-11-15-17)26-27(5-2)22(19)29/h6-15H,4-5H2,1-3H3,(H,25,28)(H,30,31). The fourth-order valence-electron chi connectivity index (χ4n) is 3.29. The normalized spacial score (nSPS) is 12.7. The van der Waals surface area contributed by atoms with Gasteiger partial charge in [0.15, 0.2) is 0 Å². The number of hydrogen-bond acceptors (Lipinski definition) is 4. The molecule has 1 aromatic heterocycles. The SMILES string of the molecule is CCn1nc(-c2ccccc2)c(-c2ccccc2)c(C(=O)NC(C)(CC)C(=O)O)c1=O. The maximum Gasteiger partial charge on any atom is 0.329 e. The molecule has 1 unspecified atom stereocenters. The number of amides is 1. The molecule has 0 saturated carbocycles. The van der Waals surface area contributed by atoms with Crippen molar-refractivity contribution in [1.29, 1.82) is 0 Å². The highest BCUT2D eigenvalue weighted by atomic mass is 16.4. The molecule has 0 bridgehead atoms. The number of aromatic nitrogens is 2. The van der Waals surface area contributed by atoms with Crippen LogP contribution in [0.1, 0.15) is 37.6 Å². The second-order valence-corrected chi connectivity index (χ2v) is 7.40. The van der Waals surface area contributed by atoms with E-state index in [1.165, 1.54) is 11.6 Å². The number of benzene rings is 2. The highest BCUT2D eigenvalue weighted by Crippen LogP contribution is 2.32. The number of carboxylic acid groups (broad SMARTS) is 1. The van der Waals surface area contributed by atoms with Crippen molar-refractivity contribution in [3.8, 4) is 22.4 Å². The average Bonchev–Trinajstić information content (AvgIpc) is 2.79. The van der Waals surface area contributed by atoms with Crippen molar-refractivity contribution < 1.29 is 14.7 Å². The fourth-order valence-corrected chi connectivity index (χ4v) is 3.29. The molecule has 0 aliphatic carbocycles. The Morgan fingerprint density at radius 1 is 1.00 bits per heavy atom. The van der Waals surface area contributed by atoms with Crippen LogP contribution in [0.25, 0.3) is 22.4 Å². The summed E-state index contributed by atoms with van der Waals surface area (Å²) in [5.74, 6) is -1.91. The number of nitrogens with one attached hydrogen (secondary N) is 1. The van der Waals surface area contributed by atoms with Crippen molar-refractivity contribution in [1.82, 2.24) is 15.1 Å². The lowest BCUT2D eigenvalue weighted by Crippen LogP contribution is -2.53. The van der Waals surface area contributed by atoms with Crippen LogP contribution in [0, 0.1) is 0 Å². The summed E-state index contributed by atoms with van der Waals surface area (Å²) in [6.45, 7) is 5.12. The Bertz CT molecular complexity index is 1160. The van der Waals surface area contributed by atoms with E-state index in [9.17, 15) is 19.5 Å². The van der Waals surface area contributed by atoms with Gasteiger partial charge in [0.25, 0.3) is 11.5 Å². The Labute approximate surface area is 180 Å². The summed E-state index contributed by atoms with van der Waals surface area (Å²) in [4.78, 5) is 38.4. The summed E-state index contributed by atoms with van der Waals surface area (Å²) >= 11 is 0. The van der Waals surface area contributed by atoms with Crippen LogP contribution in [0.2, 0.25) is 0 Å². The predicted octanol–water partition coefficient (Wildman–Crippen LogP) is 3.58. The van der Waals surface area contributed by atoms with Gasteiger partial charge in [0.2, 0.25) is 0 Å². The number of aryl methyl sites for hydroxylation is 1. The summed E-state index contributed by atoms with van der Waals surface area (Å²) in [6, 6.07) is 18.3. The molecule has 0 radical (unpaired) electrons. The Hall–Kier alpha value is -3.74. The first-order chi connectivity index (χ1) is 14.8. The number of nitrogens with zero attached hydrogens (tertiary/aromatic N) is 2. The molecule has 3 rings (SSSR count). The number of aliphatic carboxylic acids is 1. The molecule has 3 aromatic rings. The van der Waals surface area contributed by atoms with Crippen LogP contribution in [-0.2, 0) is 11.3 Å². The zero-order chi connectivity index (χ0) is 22.6. The van der Waals surface area contributed by atoms with Gasteiger partial charge in [-0.3, -0.25) is 9.59 Å². The van der Waals surface area contributed by atoms with Crippen molar-refractivity contribution in [2.45, 2.75) is 39.3 Å². The minimum absolute atomic E-state index is 0.122. The molecule has 160 valence electrons. The number of rotatable bonds is 7. The van der Waals surface area contributed by atoms with Crippen molar-refractivity contribution >= 4 is 11.9 Å². The molecule has 0 saturated heterocycles. The van der Waals surface area contributed by atoms with Gasteiger partial charge >= 0.3 is 5.97 Å². The van der Waals surface area contributed by atoms with E-state index >= 15 is 0 Å². The van der Waals surface area contributed by atoms with E-state index in [2.05, 4.69) is 10.4 Å². The van der Waals surface area contributed by atoms with Crippen LogP contribution in [0.15, 0.2) is 65.5 Å². The third-order valence-corrected chi connectivity index (χ3v) is 5.36. The Morgan fingerprint density at radius 3 is 2.03 bits per heavy atom. The molecule has 1 heterocycles. The summed E-state index contributed by atoms with van der Waals surface area (Å²) in [5.41, 5.74) is 0.0481. The maximum absolute atomic E-state index is 13.4. The predicted molar refractivity (Wildman–Crippen MR) is 119 cm³/mol. The zero-order valence-corrected chi connectivity index (χ0v) is 17.8. The molecule has 2 N–H and O–H groups in total. The first-order valence-corrected chi connectivity index (χ1v) is 10.1. The molecule has 2 aromatic carbocycles. The minimum atomic E-state index is -1.51. The Morgan fingerprint density at radius 2 is 1.55 bits per heavy atom. The van der Waals surface area contributed by atoms with Crippen molar-refractivity contribution in [2.24, 2.45) is 0 Å². The summed E-state index contributed by atoms with van der Waals surface area (Å²) < 4.78 is 1.23. The molecule has 0 spiro atoms. The lowest BCUT2D eigenvalue weighted by Gasteiger charge is -2.25. The van der Waals surface area contributed by atoms with Gasteiger partial charge in [0, 0.05) is 17.7 Å². The van der Waals surface area contributed by atoms with Crippen LogP contribution in [0.5, 0.6) is 0 Å². The van der Waals surface area contributed by atoms with Gasteiger partial charge in [-0.05, 0) is 25.8 Å². The first kappa shape index (κ1) is 22.0. The lowest BCUT2D eigenvalue weighted by atomic mass is 9.93. The minimum Gasteiger partial charge on any atom is -0.480 e. The zero-order valence-electron chi connectivity index (χ0n) is 17.8. The second-order valence-electron chi connectivity index (χ2n) is 7.40. The summed E-state index contributed by atoms with van der Waals surface area (Å²) in [7, 11) is 0. The van der Waals surface area contributed by atoms with E-state index in [0.29, 0.717) is 16.8 Å². The highest BCUT2D eigenvalue weighted by Gasteiger charge is 2.35. The van der Waals surface area contributed by atoms with Crippen LogP contribution in [0.4, 0.5) is 0 Å². The monoisotopic (exact) mass is 419 g/mol. The van der Waals surface area contributed by atoms with Gasteiger partial charge in [-0.2, -0.15) is 5.10 Å². The fraction of sp³-hybridized carbons (Fsp3) is 0.250. The van der Waals surface area contributed by atoms with Crippen LogP contribution in [-0.4, -0.2) is 32.3 Å². The highest BCUT2D eigenvalue weighted by molar-refractivity contribution is 6.05. The summed E-state index contributed by atoms with van der Waals surface area (Å²) in [5, 5.41) is 16.7. The van der Waals surface area contributed by atoms with Gasteiger partial charge < -0.3 is 10.4 Å². The van der Waals surface area contributed by atoms with E-state index in [4.69, 9.17) is 0 Å². The number of carboxylic acids is 1. The second kappa shape index (κ2) is 8.95. The van der Waals surface area contributed by atoms with Crippen LogP contribution >= 0.6 is 0 Å². The number of carbonyl (C=O) groups is 2. The van der Waals surface area contributed by atoms with Gasteiger partial charge in [-0.25, -0.2) is 9.48 Å². The van der Waals surface area contributed by atoms with Crippen molar-refractivity contribution in [3.63, 3.8) is 0 Å². The molecule has 1 atom stereocenters. The Balaban J connectivity index is 2.35. The smallest absolute Gasteiger partial charge is 0.329 e. The van der Waals surface area contributed by atoms with E-state index in [1.807, 2.05) is 48.5 Å². The molecular formula is C24H25N3O4. The molecular weight excluding hydrogens is 394 g/mol. The third kappa shape index (κ3) is 4.26. The Kier molecular flexibility index (Phi) is 6.34. The van der Waals surface area contributed by atoms with Crippen LogP contribution < -0.4 is 10.9 Å².